The summed E-state index contributed by atoms with van der Waals surface area (Å²) >= 11 is 0. The molecule has 1 spiro atoms. The van der Waals surface area contributed by atoms with Crippen LogP contribution in [0.15, 0.2) is 24.3 Å². The molecule has 108 valence electrons. The molecule has 3 rings (SSSR count). The van der Waals surface area contributed by atoms with E-state index < -0.39 is 0 Å². The first kappa shape index (κ1) is 13.4. The lowest BCUT2D eigenvalue weighted by atomic mass is 9.78. The first-order valence-corrected chi connectivity index (χ1v) is 7.51. The third kappa shape index (κ3) is 2.66. The van der Waals surface area contributed by atoms with Gasteiger partial charge in [-0.2, -0.15) is 0 Å². The SMILES string of the molecule is Cc1ccccc1NC(=O)N1CCC2(CCNCC2)C1. The molecule has 0 atom stereocenters. The molecule has 4 heteroatoms. The maximum absolute atomic E-state index is 12.4. The lowest BCUT2D eigenvalue weighted by Crippen LogP contribution is -2.40. The van der Waals surface area contributed by atoms with Gasteiger partial charge < -0.3 is 15.5 Å². The summed E-state index contributed by atoms with van der Waals surface area (Å²) < 4.78 is 0. The van der Waals surface area contributed by atoms with Crippen molar-refractivity contribution >= 4 is 11.7 Å². The number of amides is 2. The lowest BCUT2D eigenvalue weighted by Gasteiger charge is -2.33. The minimum absolute atomic E-state index is 0.0507. The van der Waals surface area contributed by atoms with Crippen LogP contribution in [0.1, 0.15) is 24.8 Å². The highest BCUT2D eigenvalue weighted by atomic mass is 16.2. The van der Waals surface area contributed by atoms with Crippen LogP contribution in [0.5, 0.6) is 0 Å². The lowest BCUT2D eigenvalue weighted by molar-refractivity contribution is 0.191. The van der Waals surface area contributed by atoms with Crippen molar-refractivity contribution < 1.29 is 4.79 Å². The van der Waals surface area contributed by atoms with Gasteiger partial charge in [0.25, 0.3) is 0 Å². The summed E-state index contributed by atoms with van der Waals surface area (Å²) in [6.45, 7) is 6.00. The van der Waals surface area contributed by atoms with Crippen LogP contribution in [-0.2, 0) is 0 Å². The normalized spacial score (nSPS) is 21.1. The average molecular weight is 273 g/mol. The Morgan fingerprint density at radius 2 is 2.00 bits per heavy atom. The Morgan fingerprint density at radius 1 is 1.25 bits per heavy atom. The predicted octanol–water partition coefficient (Wildman–Crippen LogP) is 2.60. The number of anilines is 1. The van der Waals surface area contributed by atoms with Crippen molar-refractivity contribution in [1.82, 2.24) is 10.2 Å². The number of para-hydroxylation sites is 1. The molecule has 2 fully saturated rings. The van der Waals surface area contributed by atoms with E-state index in [0.29, 0.717) is 5.41 Å². The van der Waals surface area contributed by atoms with E-state index in [1.54, 1.807) is 0 Å². The highest BCUT2D eigenvalue weighted by Crippen LogP contribution is 2.38. The zero-order chi connectivity index (χ0) is 14.0. The van der Waals surface area contributed by atoms with Crippen molar-refractivity contribution in [3.63, 3.8) is 0 Å². The van der Waals surface area contributed by atoms with Gasteiger partial charge in [0.2, 0.25) is 0 Å². The molecule has 0 aliphatic carbocycles. The minimum atomic E-state index is 0.0507. The molecule has 20 heavy (non-hydrogen) atoms. The van der Waals surface area contributed by atoms with Crippen LogP contribution in [0.3, 0.4) is 0 Å². The van der Waals surface area contributed by atoms with Gasteiger partial charge in [0, 0.05) is 18.8 Å². The number of benzene rings is 1. The van der Waals surface area contributed by atoms with Gasteiger partial charge in [-0.15, -0.1) is 0 Å². The fourth-order valence-corrected chi connectivity index (χ4v) is 3.38. The van der Waals surface area contributed by atoms with Gasteiger partial charge in [-0.25, -0.2) is 4.79 Å². The number of urea groups is 1. The van der Waals surface area contributed by atoms with Crippen molar-refractivity contribution in [2.75, 3.05) is 31.5 Å². The van der Waals surface area contributed by atoms with Gasteiger partial charge in [-0.05, 0) is 56.3 Å². The van der Waals surface area contributed by atoms with Crippen LogP contribution in [0.2, 0.25) is 0 Å². The zero-order valence-electron chi connectivity index (χ0n) is 12.1. The number of aryl methyl sites for hydroxylation is 1. The molecule has 2 N–H and O–H groups in total. The van der Waals surface area contributed by atoms with E-state index in [9.17, 15) is 4.79 Å². The summed E-state index contributed by atoms with van der Waals surface area (Å²) in [4.78, 5) is 14.4. The molecule has 2 saturated heterocycles. The Morgan fingerprint density at radius 3 is 2.75 bits per heavy atom. The number of nitrogens with one attached hydrogen (secondary N) is 2. The Hall–Kier alpha value is -1.55. The van der Waals surface area contributed by atoms with Crippen molar-refractivity contribution in [3.05, 3.63) is 29.8 Å². The Bertz CT molecular complexity index is 494. The van der Waals surface area contributed by atoms with Gasteiger partial charge in [-0.1, -0.05) is 18.2 Å². The topological polar surface area (TPSA) is 44.4 Å². The first-order chi connectivity index (χ1) is 9.69. The van der Waals surface area contributed by atoms with Gasteiger partial charge in [0.05, 0.1) is 0 Å². The third-order valence-corrected chi connectivity index (χ3v) is 4.78. The molecule has 1 aromatic rings. The maximum Gasteiger partial charge on any atom is 0.321 e. The first-order valence-electron chi connectivity index (χ1n) is 7.51. The molecule has 2 aliphatic heterocycles. The van der Waals surface area contributed by atoms with Crippen molar-refractivity contribution in [1.29, 1.82) is 0 Å². The molecule has 0 bridgehead atoms. The monoisotopic (exact) mass is 273 g/mol. The summed E-state index contributed by atoms with van der Waals surface area (Å²) in [6, 6.07) is 7.98. The summed E-state index contributed by atoms with van der Waals surface area (Å²) in [5.41, 5.74) is 2.40. The molecule has 4 nitrogen and oxygen atoms in total. The van der Waals surface area contributed by atoms with Crippen molar-refractivity contribution in [2.24, 2.45) is 5.41 Å². The van der Waals surface area contributed by atoms with E-state index in [2.05, 4.69) is 10.6 Å². The van der Waals surface area contributed by atoms with Crippen LogP contribution in [0, 0.1) is 12.3 Å². The standard InChI is InChI=1S/C16H23N3O/c1-13-4-2-3-5-14(13)18-15(20)19-11-8-16(12-19)6-9-17-10-7-16/h2-5,17H,6-12H2,1H3,(H,18,20). The van der Waals surface area contributed by atoms with E-state index >= 15 is 0 Å². The molecule has 2 heterocycles. The fraction of sp³-hybridized carbons (Fsp3) is 0.562. The summed E-state index contributed by atoms with van der Waals surface area (Å²) in [5.74, 6) is 0. The zero-order valence-corrected chi connectivity index (χ0v) is 12.1. The number of carbonyl (C=O) groups excluding carboxylic acids is 1. The van der Waals surface area contributed by atoms with Gasteiger partial charge in [-0.3, -0.25) is 0 Å². The second-order valence-electron chi connectivity index (χ2n) is 6.17. The Balaban J connectivity index is 1.63. The number of hydrogen-bond acceptors (Lipinski definition) is 2. The molecule has 0 saturated carbocycles. The van der Waals surface area contributed by atoms with Gasteiger partial charge in [0.1, 0.15) is 0 Å². The number of rotatable bonds is 1. The smallest absolute Gasteiger partial charge is 0.321 e. The van der Waals surface area contributed by atoms with Gasteiger partial charge >= 0.3 is 6.03 Å². The quantitative estimate of drug-likeness (QED) is 0.826. The van der Waals surface area contributed by atoms with Crippen LogP contribution in [-0.4, -0.2) is 37.1 Å². The van der Waals surface area contributed by atoms with Crippen LogP contribution in [0.25, 0.3) is 0 Å². The van der Waals surface area contributed by atoms with E-state index in [0.717, 1.165) is 43.9 Å². The van der Waals surface area contributed by atoms with Crippen LogP contribution in [0.4, 0.5) is 10.5 Å². The molecular formula is C16H23N3O. The maximum atomic E-state index is 12.4. The highest BCUT2D eigenvalue weighted by molar-refractivity contribution is 5.90. The third-order valence-electron chi connectivity index (χ3n) is 4.78. The second kappa shape index (κ2) is 5.44. The molecule has 0 radical (unpaired) electrons. The molecule has 2 amide bonds. The molecular weight excluding hydrogens is 250 g/mol. The number of nitrogens with zero attached hydrogens (tertiary/aromatic N) is 1. The summed E-state index contributed by atoms with van der Waals surface area (Å²) in [5, 5.41) is 6.45. The van der Waals surface area contributed by atoms with Crippen LogP contribution >= 0.6 is 0 Å². The summed E-state index contributed by atoms with van der Waals surface area (Å²) in [6.07, 6.45) is 3.54. The number of carbonyl (C=O) groups is 1. The minimum Gasteiger partial charge on any atom is -0.324 e. The molecule has 1 aromatic carbocycles. The van der Waals surface area contributed by atoms with E-state index in [-0.39, 0.29) is 6.03 Å². The predicted molar refractivity (Wildman–Crippen MR) is 80.9 cm³/mol. The van der Waals surface area contributed by atoms with E-state index in [4.69, 9.17) is 0 Å². The van der Waals surface area contributed by atoms with Crippen LogP contribution < -0.4 is 10.6 Å². The average Bonchev–Trinajstić information content (AvgIpc) is 2.86. The highest BCUT2D eigenvalue weighted by Gasteiger charge is 2.40. The van der Waals surface area contributed by atoms with E-state index in [1.807, 2.05) is 36.1 Å². The van der Waals surface area contributed by atoms with Crippen molar-refractivity contribution in [3.8, 4) is 0 Å². The fourth-order valence-electron chi connectivity index (χ4n) is 3.38. The van der Waals surface area contributed by atoms with Crippen molar-refractivity contribution in [2.45, 2.75) is 26.2 Å². The van der Waals surface area contributed by atoms with Gasteiger partial charge in [0.15, 0.2) is 0 Å². The Labute approximate surface area is 120 Å². The molecule has 2 aliphatic rings. The Kier molecular flexibility index (Phi) is 3.66. The molecule has 0 aromatic heterocycles. The number of likely N-dealkylation sites (tertiary alicyclic amines) is 1. The number of piperidine rings is 1. The number of hydrogen-bond donors (Lipinski definition) is 2. The summed E-state index contributed by atoms with van der Waals surface area (Å²) in [7, 11) is 0. The molecule has 0 unspecified atom stereocenters. The second-order valence-corrected chi connectivity index (χ2v) is 6.17. The van der Waals surface area contributed by atoms with E-state index in [1.165, 1.54) is 12.8 Å². The largest absolute Gasteiger partial charge is 0.324 e.